The van der Waals surface area contributed by atoms with E-state index in [1.54, 1.807) is 0 Å². The van der Waals surface area contributed by atoms with E-state index in [0.717, 1.165) is 11.3 Å². The average Bonchev–Trinajstić information content (AvgIpc) is 2.17. The molecule has 0 unspecified atom stereocenters. The monoisotopic (exact) mass is 191 g/mol. The molecule has 2 heteroatoms. The van der Waals surface area contributed by atoms with Gasteiger partial charge in [0.15, 0.2) is 0 Å². The first-order valence-electron chi connectivity index (χ1n) is 4.13. The van der Waals surface area contributed by atoms with E-state index in [1.807, 2.05) is 23.9 Å². The maximum Gasteiger partial charge on any atom is 0.0555 e. The number of hydrogen-bond donors (Lipinski definition) is 1. The first-order valence-corrected chi connectivity index (χ1v) is 5.53. The Hall–Kier alpha value is -0.910. The van der Waals surface area contributed by atoms with Crippen LogP contribution in [0, 0.1) is 11.8 Å². The van der Waals surface area contributed by atoms with E-state index < -0.39 is 0 Å². The Kier molecular flexibility index (Phi) is 4.45. The van der Waals surface area contributed by atoms with E-state index in [-0.39, 0.29) is 0 Å². The summed E-state index contributed by atoms with van der Waals surface area (Å²) in [6.45, 7) is 0.423. The SMILES string of the molecule is CSCc1ccc(C#CCN)cc1. The van der Waals surface area contributed by atoms with Crippen LogP contribution in [0.3, 0.4) is 0 Å². The third-order valence-corrected chi connectivity index (χ3v) is 2.22. The Morgan fingerprint density at radius 1 is 1.31 bits per heavy atom. The fourth-order valence-electron chi connectivity index (χ4n) is 1.00. The molecule has 0 atom stereocenters. The predicted molar refractivity (Wildman–Crippen MR) is 59.6 cm³/mol. The van der Waals surface area contributed by atoms with Crippen LogP contribution in [0.4, 0.5) is 0 Å². The third kappa shape index (κ3) is 3.54. The molecule has 0 spiro atoms. The molecule has 0 saturated heterocycles. The normalized spacial score (nSPS) is 9.08. The first kappa shape index (κ1) is 10.2. The van der Waals surface area contributed by atoms with Gasteiger partial charge in [-0.2, -0.15) is 11.8 Å². The van der Waals surface area contributed by atoms with Crippen molar-refractivity contribution in [2.24, 2.45) is 5.73 Å². The maximum atomic E-state index is 5.28. The van der Waals surface area contributed by atoms with Crippen LogP contribution >= 0.6 is 11.8 Å². The fraction of sp³-hybridized carbons (Fsp3) is 0.273. The molecule has 1 aromatic rings. The molecule has 13 heavy (non-hydrogen) atoms. The molecule has 0 aliphatic heterocycles. The summed E-state index contributed by atoms with van der Waals surface area (Å²) in [7, 11) is 0. The van der Waals surface area contributed by atoms with Gasteiger partial charge in [-0.05, 0) is 24.0 Å². The van der Waals surface area contributed by atoms with Gasteiger partial charge >= 0.3 is 0 Å². The van der Waals surface area contributed by atoms with Crippen molar-refractivity contribution in [3.05, 3.63) is 35.4 Å². The van der Waals surface area contributed by atoms with Gasteiger partial charge in [0.05, 0.1) is 6.54 Å². The van der Waals surface area contributed by atoms with Crippen LogP contribution in [0.1, 0.15) is 11.1 Å². The van der Waals surface area contributed by atoms with Gasteiger partial charge in [-0.1, -0.05) is 24.0 Å². The van der Waals surface area contributed by atoms with Crippen LogP contribution in [0.2, 0.25) is 0 Å². The zero-order chi connectivity index (χ0) is 9.52. The van der Waals surface area contributed by atoms with E-state index in [1.165, 1.54) is 5.56 Å². The summed E-state index contributed by atoms with van der Waals surface area (Å²) in [5, 5.41) is 0. The summed E-state index contributed by atoms with van der Waals surface area (Å²) in [5.41, 5.74) is 7.65. The van der Waals surface area contributed by atoms with Gasteiger partial charge in [0.1, 0.15) is 0 Å². The summed E-state index contributed by atoms with van der Waals surface area (Å²) in [5.74, 6) is 6.88. The number of rotatable bonds is 2. The van der Waals surface area contributed by atoms with Gasteiger partial charge in [-0.25, -0.2) is 0 Å². The van der Waals surface area contributed by atoms with Crippen LogP contribution in [0.5, 0.6) is 0 Å². The molecule has 0 aliphatic rings. The maximum absolute atomic E-state index is 5.28. The van der Waals surface area contributed by atoms with Crippen molar-refractivity contribution in [3.8, 4) is 11.8 Å². The number of hydrogen-bond acceptors (Lipinski definition) is 2. The molecule has 68 valence electrons. The molecule has 0 radical (unpaired) electrons. The van der Waals surface area contributed by atoms with E-state index in [2.05, 4.69) is 30.2 Å². The van der Waals surface area contributed by atoms with Gasteiger partial charge in [0.2, 0.25) is 0 Å². The van der Waals surface area contributed by atoms with Gasteiger partial charge < -0.3 is 5.73 Å². The molecule has 1 nitrogen and oxygen atoms in total. The van der Waals surface area contributed by atoms with Crippen LogP contribution in [-0.2, 0) is 5.75 Å². The molecule has 0 fully saturated rings. The molecule has 1 rings (SSSR count). The number of benzene rings is 1. The van der Waals surface area contributed by atoms with Crippen LogP contribution < -0.4 is 5.73 Å². The Balaban J connectivity index is 2.69. The summed E-state index contributed by atoms with van der Waals surface area (Å²) < 4.78 is 0. The first-order chi connectivity index (χ1) is 6.36. The lowest BCUT2D eigenvalue weighted by Crippen LogP contribution is -1.93. The van der Waals surface area contributed by atoms with Crippen molar-refractivity contribution in [2.45, 2.75) is 5.75 Å². The molecular formula is C11H13NS. The van der Waals surface area contributed by atoms with Crippen molar-refractivity contribution in [1.82, 2.24) is 0 Å². The highest BCUT2D eigenvalue weighted by Crippen LogP contribution is 2.09. The minimum Gasteiger partial charge on any atom is -0.320 e. The van der Waals surface area contributed by atoms with E-state index in [0.29, 0.717) is 6.54 Å². The summed E-state index contributed by atoms with van der Waals surface area (Å²) in [6.07, 6.45) is 2.10. The lowest BCUT2D eigenvalue weighted by molar-refractivity contribution is 1.30. The molecule has 0 aliphatic carbocycles. The highest BCUT2D eigenvalue weighted by Gasteiger charge is 1.90. The topological polar surface area (TPSA) is 26.0 Å². The summed E-state index contributed by atoms with van der Waals surface area (Å²) in [4.78, 5) is 0. The van der Waals surface area contributed by atoms with Gasteiger partial charge in [0, 0.05) is 11.3 Å². The van der Waals surface area contributed by atoms with Crippen LogP contribution in [0.15, 0.2) is 24.3 Å². The van der Waals surface area contributed by atoms with Gasteiger partial charge in [-0.15, -0.1) is 0 Å². The van der Waals surface area contributed by atoms with Crippen molar-refractivity contribution in [3.63, 3.8) is 0 Å². The second kappa shape index (κ2) is 5.69. The lowest BCUT2D eigenvalue weighted by Gasteiger charge is -1.97. The Morgan fingerprint density at radius 2 is 2.00 bits per heavy atom. The zero-order valence-corrected chi connectivity index (χ0v) is 8.53. The van der Waals surface area contributed by atoms with Crippen molar-refractivity contribution < 1.29 is 0 Å². The molecular weight excluding hydrogens is 178 g/mol. The lowest BCUT2D eigenvalue weighted by atomic mass is 10.1. The zero-order valence-electron chi connectivity index (χ0n) is 7.71. The Morgan fingerprint density at radius 3 is 2.54 bits per heavy atom. The van der Waals surface area contributed by atoms with Crippen molar-refractivity contribution >= 4 is 11.8 Å². The quantitative estimate of drug-likeness (QED) is 0.722. The minimum atomic E-state index is 0.423. The smallest absolute Gasteiger partial charge is 0.0555 e. The molecule has 0 aromatic heterocycles. The van der Waals surface area contributed by atoms with Crippen molar-refractivity contribution in [2.75, 3.05) is 12.8 Å². The highest BCUT2D eigenvalue weighted by atomic mass is 32.2. The summed E-state index contributed by atoms with van der Waals surface area (Å²) >= 11 is 1.82. The standard InChI is InChI=1S/C11H13NS/c1-13-9-11-6-4-10(5-7-11)3-2-8-12/h4-7H,8-9,12H2,1H3. The van der Waals surface area contributed by atoms with Crippen LogP contribution in [-0.4, -0.2) is 12.8 Å². The largest absolute Gasteiger partial charge is 0.320 e. The number of nitrogens with two attached hydrogens (primary N) is 1. The fourth-order valence-corrected chi connectivity index (χ4v) is 1.53. The van der Waals surface area contributed by atoms with E-state index >= 15 is 0 Å². The van der Waals surface area contributed by atoms with E-state index in [9.17, 15) is 0 Å². The van der Waals surface area contributed by atoms with E-state index in [4.69, 9.17) is 5.73 Å². The van der Waals surface area contributed by atoms with Crippen molar-refractivity contribution in [1.29, 1.82) is 0 Å². The molecule has 0 bridgehead atoms. The molecule has 0 saturated carbocycles. The summed E-state index contributed by atoms with van der Waals surface area (Å²) in [6, 6.07) is 8.29. The highest BCUT2D eigenvalue weighted by molar-refractivity contribution is 7.97. The third-order valence-electron chi connectivity index (χ3n) is 1.60. The molecule has 1 aromatic carbocycles. The predicted octanol–water partition coefficient (Wildman–Crippen LogP) is 1.86. The van der Waals surface area contributed by atoms with Gasteiger partial charge in [0.25, 0.3) is 0 Å². The molecule has 0 amide bonds. The Labute approximate surface area is 83.7 Å². The van der Waals surface area contributed by atoms with Crippen LogP contribution in [0.25, 0.3) is 0 Å². The Bertz CT molecular complexity index is 305. The average molecular weight is 191 g/mol. The molecule has 0 heterocycles. The van der Waals surface area contributed by atoms with Gasteiger partial charge in [-0.3, -0.25) is 0 Å². The number of thioether (sulfide) groups is 1. The molecule has 2 N–H and O–H groups in total. The second-order valence-corrected chi connectivity index (χ2v) is 3.50. The minimum absolute atomic E-state index is 0.423. The second-order valence-electron chi connectivity index (χ2n) is 2.64.